The van der Waals surface area contributed by atoms with Gasteiger partial charge in [-0.2, -0.15) is 0 Å². The van der Waals surface area contributed by atoms with Gasteiger partial charge in [0.1, 0.15) is 0 Å². The van der Waals surface area contributed by atoms with Gasteiger partial charge in [-0.3, -0.25) is 4.79 Å². The normalized spacial score (nSPS) is 9.86. The van der Waals surface area contributed by atoms with Crippen LogP contribution in [0, 0.1) is 0 Å². The first kappa shape index (κ1) is 6.41. The van der Waals surface area contributed by atoms with Crippen LogP contribution in [0.3, 0.4) is 0 Å². The van der Waals surface area contributed by atoms with E-state index in [4.69, 9.17) is 0 Å². The van der Waals surface area contributed by atoms with Gasteiger partial charge >= 0.3 is 0 Å². The summed E-state index contributed by atoms with van der Waals surface area (Å²) in [5.74, 6) is 0. The molecule has 1 radical (unpaired) electrons. The second-order valence-corrected chi connectivity index (χ2v) is 1.23. The highest BCUT2D eigenvalue weighted by Crippen LogP contribution is 1.80. The van der Waals surface area contributed by atoms with Crippen molar-refractivity contribution in [2.24, 2.45) is 0 Å². The number of hydrogen-bond donors (Lipinski definition) is 0. The molecule has 0 spiro atoms. The summed E-state index contributed by atoms with van der Waals surface area (Å²) < 4.78 is 0. The molecular formula is C6H9O. The second kappa shape index (κ2) is 5.41. The van der Waals surface area contributed by atoms with Crippen LogP contribution in [0.1, 0.15) is 19.8 Å². The first-order chi connectivity index (χ1) is 3.41. The van der Waals surface area contributed by atoms with Crippen molar-refractivity contribution in [1.29, 1.82) is 0 Å². The quantitative estimate of drug-likeness (QED) is 0.487. The van der Waals surface area contributed by atoms with Crippen LogP contribution in [0.4, 0.5) is 0 Å². The fourth-order valence-corrected chi connectivity index (χ4v) is 0.298. The lowest BCUT2D eigenvalue weighted by molar-refractivity contribution is 0.556. The highest BCUT2D eigenvalue weighted by Gasteiger charge is 1.68. The van der Waals surface area contributed by atoms with Crippen molar-refractivity contribution < 1.29 is 4.79 Å². The third kappa shape index (κ3) is 5.41. The Kier molecular flexibility index (Phi) is 4.95. The number of hydrogen-bond acceptors (Lipinski definition) is 1. The molecule has 39 valence electrons. The lowest BCUT2D eigenvalue weighted by Gasteiger charge is -1.71. The van der Waals surface area contributed by atoms with Crippen LogP contribution in [0.5, 0.6) is 0 Å². The number of allylic oxidation sites excluding steroid dienone is 2. The maximum atomic E-state index is 9.50. The fourth-order valence-electron chi connectivity index (χ4n) is 0.298. The van der Waals surface area contributed by atoms with E-state index in [0.29, 0.717) is 6.42 Å². The van der Waals surface area contributed by atoms with Gasteiger partial charge in [-0.15, -0.1) is 0 Å². The smallest absolute Gasteiger partial charge is 0.202 e. The van der Waals surface area contributed by atoms with Gasteiger partial charge < -0.3 is 0 Å². The van der Waals surface area contributed by atoms with E-state index in [-0.39, 0.29) is 0 Å². The van der Waals surface area contributed by atoms with Gasteiger partial charge in [-0.25, -0.2) is 0 Å². The summed E-state index contributed by atoms with van der Waals surface area (Å²) in [5.41, 5.74) is 0. The minimum absolute atomic E-state index is 0.438. The van der Waals surface area contributed by atoms with Crippen molar-refractivity contribution in [2.75, 3.05) is 0 Å². The molecule has 0 saturated heterocycles. The summed E-state index contributed by atoms with van der Waals surface area (Å²) in [6, 6.07) is 0. The highest BCUT2D eigenvalue weighted by atomic mass is 16.1. The first-order valence-electron chi connectivity index (χ1n) is 2.41. The summed E-state index contributed by atoms with van der Waals surface area (Å²) >= 11 is 0. The van der Waals surface area contributed by atoms with Crippen LogP contribution in [0.15, 0.2) is 12.2 Å². The van der Waals surface area contributed by atoms with Crippen molar-refractivity contribution >= 4 is 6.29 Å². The van der Waals surface area contributed by atoms with E-state index in [1.807, 2.05) is 19.1 Å². The highest BCUT2D eigenvalue weighted by molar-refractivity contribution is 5.52. The Labute approximate surface area is 44.0 Å². The molecule has 0 saturated carbocycles. The standard InChI is InChI=1S/C6H9O/c1-2-3-4-5-6-7/h3-4H,2,5H2,1H3/b4-3+. The molecule has 0 aliphatic rings. The zero-order valence-electron chi connectivity index (χ0n) is 4.48. The topological polar surface area (TPSA) is 17.1 Å². The molecule has 1 heteroatoms. The molecule has 0 aromatic carbocycles. The zero-order chi connectivity index (χ0) is 5.54. The SMILES string of the molecule is CC/C=C/C[C]=O. The van der Waals surface area contributed by atoms with Gasteiger partial charge in [-0.05, 0) is 6.42 Å². The predicted molar refractivity (Wildman–Crippen MR) is 29.7 cm³/mol. The fraction of sp³-hybridized carbons (Fsp3) is 0.500. The van der Waals surface area contributed by atoms with Gasteiger partial charge in [0.15, 0.2) is 0 Å². The van der Waals surface area contributed by atoms with E-state index < -0.39 is 0 Å². The van der Waals surface area contributed by atoms with Gasteiger partial charge in [0.2, 0.25) is 6.29 Å². The third-order valence-corrected chi connectivity index (χ3v) is 0.604. The number of carbonyl (C=O) groups excluding carboxylic acids is 1. The van der Waals surface area contributed by atoms with Gasteiger partial charge in [0.05, 0.1) is 0 Å². The Morgan fingerprint density at radius 1 is 1.57 bits per heavy atom. The predicted octanol–water partition coefficient (Wildman–Crippen LogP) is 1.45. The molecule has 0 aromatic heterocycles. The molecule has 0 fully saturated rings. The van der Waals surface area contributed by atoms with Crippen molar-refractivity contribution in [3.63, 3.8) is 0 Å². The molecular weight excluding hydrogens is 88.1 g/mol. The van der Waals surface area contributed by atoms with Gasteiger partial charge in [0, 0.05) is 6.42 Å². The summed E-state index contributed by atoms with van der Waals surface area (Å²) in [6.45, 7) is 2.03. The van der Waals surface area contributed by atoms with Crippen LogP contribution in [0.2, 0.25) is 0 Å². The summed E-state index contributed by atoms with van der Waals surface area (Å²) in [5, 5.41) is 0. The minimum atomic E-state index is 0.438. The van der Waals surface area contributed by atoms with Crippen LogP contribution < -0.4 is 0 Å². The second-order valence-electron chi connectivity index (χ2n) is 1.23. The summed E-state index contributed by atoms with van der Waals surface area (Å²) in [4.78, 5) is 9.50. The molecule has 0 heterocycles. The monoisotopic (exact) mass is 97.1 g/mol. The maximum Gasteiger partial charge on any atom is 0.202 e. The average Bonchev–Trinajstić information content (AvgIpc) is 1.69. The van der Waals surface area contributed by atoms with Crippen LogP contribution in [-0.2, 0) is 4.79 Å². The molecule has 0 rings (SSSR count). The number of rotatable bonds is 3. The van der Waals surface area contributed by atoms with Crippen molar-refractivity contribution in [2.45, 2.75) is 19.8 Å². The Bertz CT molecular complexity index is 64.6. The van der Waals surface area contributed by atoms with E-state index in [9.17, 15) is 4.79 Å². The van der Waals surface area contributed by atoms with E-state index in [1.165, 1.54) is 0 Å². The van der Waals surface area contributed by atoms with E-state index in [1.54, 1.807) is 6.29 Å². The minimum Gasteiger partial charge on any atom is -0.291 e. The molecule has 0 aliphatic carbocycles. The van der Waals surface area contributed by atoms with Gasteiger partial charge in [0.25, 0.3) is 0 Å². The van der Waals surface area contributed by atoms with E-state index in [0.717, 1.165) is 6.42 Å². The molecule has 0 aromatic rings. The van der Waals surface area contributed by atoms with E-state index >= 15 is 0 Å². The third-order valence-electron chi connectivity index (χ3n) is 0.604. The Morgan fingerprint density at radius 2 is 2.29 bits per heavy atom. The van der Waals surface area contributed by atoms with Crippen molar-refractivity contribution in [3.05, 3.63) is 12.2 Å². The summed E-state index contributed by atoms with van der Waals surface area (Å²) in [6.07, 6.45) is 6.97. The molecule has 0 aliphatic heterocycles. The Balaban J connectivity index is 2.92. The van der Waals surface area contributed by atoms with Crippen molar-refractivity contribution in [3.8, 4) is 0 Å². The van der Waals surface area contributed by atoms with Gasteiger partial charge in [-0.1, -0.05) is 19.1 Å². The zero-order valence-corrected chi connectivity index (χ0v) is 4.48. The molecule has 1 nitrogen and oxygen atoms in total. The molecule has 0 amide bonds. The molecule has 0 atom stereocenters. The van der Waals surface area contributed by atoms with Crippen LogP contribution in [-0.4, -0.2) is 6.29 Å². The van der Waals surface area contributed by atoms with Crippen molar-refractivity contribution in [1.82, 2.24) is 0 Å². The van der Waals surface area contributed by atoms with E-state index in [2.05, 4.69) is 0 Å². The largest absolute Gasteiger partial charge is 0.291 e. The first-order valence-corrected chi connectivity index (χ1v) is 2.41. The lowest BCUT2D eigenvalue weighted by atomic mass is 10.3. The molecule has 0 bridgehead atoms. The molecule has 0 unspecified atom stereocenters. The molecule has 0 N–H and O–H groups in total. The Hall–Kier alpha value is -0.590. The van der Waals surface area contributed by atoms with Crippen LogP contribution >= 0.6 is 0 Å². The molecule has 7 heavy (non-hydrogen) atoms. The average molecular weight is 97.1 g/mol. The lowest BCUT2D eigenvalue weighted by Crippen LogP contribution is -1.63. The summed E-state index contributed by atoms with van der Waals surface area (Å²) in [7, 11) is 0. The maximum absolute atomic E-state index is 9.50. The van der Waals surface area contributed by atoms with Crippen LogP contribution in [0.25, 0.3) is 0 Å². The Morgan fingerprint density at radius 3 is 2.71 bits per heavy atom.